The first-order chi connectivity index (χ1) is 9.37. The van der Waals surface area contributed by atoms with Crippen molar-refractivity contribution < 1.29 is 14.8 Å². The maximum Gasteiger partial charge on any atom is 0.324 e. The second-order valence-corrected chi connectivity index (χ2v) is 5.21. The summed E-state index contributed by atoms with van der Waals surface area (Å²) in [6, 6.07) is 0. The van der Waals surface area contributed by atoms with Crippen molar-refractivity contribution in [1.29, 1.82) is 0 Å². The molecule has 1 unspecified atom stereocenters. The molecule has 20 heavy (non-hydrogen) atoms. The van der Waals surface area contributed by atoms with E-state index in [1.165, 1.54) is 6.20 Å². The van der Waals surface area contributed by atoms with Gasteiger partial charge in [0.05, 0.1) is 10.6 Å². The van der Waals surface area contributed by atoms with Gasteiger partial charge in [-0.05, 0) is 33.2 Å². The van der Waals surface area contributed by atoms with Crippen LogP contribution in [0.4, 0.5) is 5.69 Å². The summed E-state index contributed by atoms with van der Waals surface area (Å²) < 4.78 is 0. The molecule has 1 aliphatic heterocycles. The third-order valence-corrected chi connectivity index (χ3v) is 3.88. The fourth-order valence-electron chi connectivity index (χ4n) is 2.73. The lowest BCUT2D eigenvalue weighted by atomic mass is 9.89. The lowest BCUT2D eigenvalue weighted by molar-refractivity contribution is -0.386. The molecule has 0 radical (unpaired) electrons. The molecule has 0 aromatic carbocycles. The predicted octanol–water partition coefficient (Wildman–Crippen LogP) is 1.36. The number of carboxylic acids is 1. The number of nitrogens with zero attached hydrogens (tertiary/aromatic N) is 2. The molecular formula is C13H17N3O4. The molecule has 1 atom stereocenters. The van der Waals surface area contributed by atoms with Gasteiger partial charge in [-0.25, -0.2) is 0 Å². The molecule has 0 aliphatic carbocycles. The van der Waals surface area contributed by atoms with Crippen LogP contribution in [0.15, 0.2) is 6.20 Å². The number of aromatic nitrogens is 1. The Morgan fingerprint density at radius 2 is 2.30 bits per heavy atom. The molecule has 7 heteroatoms. The Bertz CT molecular complexity index is 565. The van der Waals surface area contributed by atoms with Gasteiger partial charge >= 0.3 is 5.97 Å². The van der Waals surface area contributed by atoms with Gasteiger partial charge < -0.3 is 10.4 Å². The number of hydrogen-bond acceptors (Lipinski definition) is 5. The Balaban J connectivity index is 2.41. The number of carbonyl (C=O) groups is 1. The molecule has 1 aliphatic rings. The minimum Gasteiger partial charge on any atom is -0.480 e. The van der Waals surface area contributed by atoms with Gasteiger partial charge in [0.1, 0.15) is 5.54 Å². The van der Waals surface area contributed by atoms with Crippen LogP contribution in [0.2, 0.25) is 0 Å². The van der Waals surface area contributed by atoms with Gasteiger partial charge in [-0.1, -0.05) is 0 Å². The average Bonchev–Trinajstić information content (AvgIpc) is 2.82. The normalized spacial score (nSPS) is 21.9. The topological polar surface area (TPSA) is 105 Å². The number of aryl methyl sites for hydroxylation is 1. The standard InChI is InChI=1S/C13H17N3O4/c1-8-7-14-10(9(2)11(8)16(19)20)6-13(12(17)18)4-3-5-15-13/h7,15H,3-6H2,1-2H3,(H,17,18). The van der Waals surface area contributed by atoms with Gasteiger partial charge in [0.25, 0.3) is 5.69 Å². The van der Waals surface area contributed by atoms with E-state index in [-0.39, 0.29) is 12.1 Å². The van der Waals surface area contributed by atoms with Crippen LogP contribution in [0, 0.1) is 24.0 Å². The second-order valence-electron chi connectivity index (χ2n) is 5.21. The third-order valence-electron chi connectivity index (χ3n) is 3.88. The second kappa shape index (κ2) is 5.16. The maximum atomic E-state index is 11.5. The summed E-state index contributed by atoms with van der Waals surface area (Å²) in [4.78, 5) is 26.4. The van der Waals surface area contributed by atoms with E-state index >= 15 is 0 Å². The molecule has 7 nitrogen and oxygen atoms in total. The minimum atomic E-state index is -1.05. The number of carboxylic acid groups (broad SMARTS) is 1. The van der Waals surface area contributed by atoms with Crippen molar-refractivity contribution in [3.8, 4) is 0 Å². The average molecular weight is 279 g/mol. The van der Waals surface area contributed by atoms with E-state index in [1.807, 2.05) is 0 Å². The molecule has 0 saturated carbocycles. The Hall–Kier alpha value is -2.02. The van der Waals surface area contributed by atoms with Crippen LogP contribution in [-0.4, -0.2) is 33.1 Å². The fraction of sp³-hybridized carbons (Fsp3) is 0.538. The number of rotatable bonds is 4. The summed E-state index contributed by atoms with van der Waals surface area (Å²) in [7, 11) is 0. The molecule has 1 saturated heterocycles. The largest absolute Gasteiger partial charge is 0.480 e. The molecule has 2 heterocycles. The molecule has 0 amide bonds. The molecular weight excluding hydrogens is 262 g/mol. The van der Waals surface area contributed by atoms with Gasteiger partial charge in [0.15, 0.2) is 0 Å². The predicted molar refractivity (Wildman–Crippen MR) is 71.7 cm³/mol. The molecule has 2 N–H and O–H groups in total. The van der Waals surface area contributed by atoms with Crippen molar-refractivity contribution in [2.45, 2.75) is 38.6 Å². The number of nitro groups is 1. The van der Waals surface area contributed by atoms with Gasteiger partial charge in [0.2, 0.25) is 0 Å². The van der Waals surface area contributed by atoms with Crippen LogP contribution in [0.25, 0.3) is 0 Å². The number of aliphatic carboxylic acids is 1. The molecule has 1 fully saturated rings. The first-order valence-electron chi connectivity index (χ1n) is 6.45. The molecule has 2 rings (SSSR count). The lowest BCUT2D eigenvalue weighted by Crippen LogP contribution is -2.49. The Morgan fingerprint density at radius 3 is 2.80 bits per heavy atom. The summed E-state index contributed by atoms with van der Waals surface area (Å²) in [6.07, 6.45) is 2.88. The van der Waals surface area contributed by atoms with Crippen molar-refractivity contribution in [2.75, 3.05) is 6.54 Å². The summed E-state index contributed by atoms with van der Waals surface area (Å²) in [5.74, 6) is -0.931. The highest BCUT2D eigenvalue weighted by Gasteiger charge is 2.42. The van der Waals surface area contributed by atoms with E-state index in [4.69, 9.17) is 0 Å². The van der Waals surface area contributed by atoms with Gasteiger partial charge in [-0.3, -0.25) is 19.9 Å². The summed E-state index contributed by atoms with van der Waals surface area (Å²) >= 11 is 0. The number of hydrogen-bond donors (Lipinski definition) is 2. The van der Waals surface area contributed by atoms with Crippen LogP contribution in [0.1, 0.15) is 29.7 Å². The van der Waals surface area contributed by atoms with Crippen LogP contribution < -0.4 is 5.32 Å². The molecule has 1 aromatic heterocycles. The van der Waals surface area contributed by atoms with Gasteiger partial charge in [-0.2, -0.15) is 0 Å². The van der Waals surface area contributed by atoms with Crippen LogP contribution >= 0.6 is 0 Å². The van der Waals surface area contributed by atoms with Crippen molar-refractivity contribution in [3.63, 3.8) is 0 Å². The minimum absolute atomic E-state index is 0.0218. The van der Waals surface area contributed by atoms with E-state index in [1.54, 1.807) is 13.8 Å². The monoisotopic (exact) mass is 279 g/mol. The molecule has 0 bridgehead atoms. The van der Waals surface area contributed by atoms with E-state index in [0.29, 0.717) is 29.8 Å². The first kappa shape index (κ1) is 14.4. The molecule has 1 aromatic rings. The summed E-state index contributed by atoms with van der Waals surface area (Å²) in [5.41, 5.74) is 0.373. The zero-order chi connectivity index (χ0) is 14.9. The van der Waals surface area contributed by atoms with Gasteiger partial charge in [-0.15, -0.1) is 0 Å². The van der Waals surface area contributed by atoms with Crippen LogP contribution in [0.3, 0.4) is 0 Å². The smallest absolute Gasteiger partial charge is 0.324 e. The van der Waals surface area contributed by atoms with Crippen molar-refractivity contribution in [1.82, 2.24) is 10.3 Å². The highest BCUT2D eigenvalue weighted by Crippen LogP contribution is 2.29. The summed E-state index contributed by atoms with van der Waals surface area (Å²) in [6.45, 7) is 3.89. The molecule has 0 spiro atoms. The van der Waals surface area contributed by atoms with Crippen molar-refractivity contribution >= 4 is 11.7 Å². The van der Waals surface area contributed by atoms with Crippen molar-refractivity contribution in [3.05, 3.63) is 33.1 Å². The van der Waals surface area contributed by atoms with Crippen molar-refractivity contribution in [2.24, 2.45) is 0 Å². The zero-order valence-corrected chi connectivity index (χ0v) is 11.5. The Kier molecular flexibility index (Phi) is 3.71. The maximum absolute atomic E-state index is 11.5. The van der Waals surface area contributed by atoms with E-state index in [2.05, 4.69) is 10.3 Å². The van der Waals surface area contributed by atoms with E-state index in [9.17, 15) is 20.0 Å². The highest BCUT2D eigenvalue weighted by atomic mass is 16.6. The Morgan fingerprint density at radius 1 is 1.60 bits per heavy atom. The SMILES string of the molecule is Cc1cnc(CC2(C(=O)O)CCCN2)c(C)c1[N+](=O)[O-]. The van der Waals surface area contributed by atoms with E-state index in [0.717, 1.165) is 6.42 Å². The van der Waals surface area contributed by atoms with Crippen LogP contribution in [0.5, 0.6) is 0 Å². The molecule has 108 valence electrons. The van der Waals surface area contributed by atoms with Gasteiger partial charge in [0, 0.05) is 23.7 Å². The first-order valence-corrected chi connectivity index (χ1v) is 6.45. The fourth-order valence-corrected chi connectivity index (χ4v) is 2.73. The quantitative estimate of drug-likeness (QED) is 0.636. The summed E-state index contributed by atoms with van der Waals surface area (Å²) in [5, 5.41) is 23.5. The lowest BCUT2D eigenvalue weighted by Gasteiger charge is -2.24. The Labute approximate surface area is 116 Å². The number of nitrogens with one attached hydrogen (secondary N) is 1. The third kappa shape index (κ3) is 2.36. The number of pyridine rings is 1. The van der Waals surface area contributed by atoms with E-state index < -0.39 is 16.4 Å². The van der Waals surface area contributed by atoms with Crippen LogP contribution in [-0.2, 0) is 11.2 Å². The highest BCUT2D eigenvalue weighted by molar-refractivity contribution is 5.79. The zero-order valence-electron chi connectivity index (χ0n) is 11.5.